The molecule has 4 N–H and O–H groups in total. The Morgan fingerprint density at radius 2 is 1.67 bits per heavy atom. The Morgan fingerprint density at radius 3 is 2.23 bits per heavy atom. The number of nitrogens with zero attached hydrogens (tertiary/aromatic N) is 3. The molecule has 0 bridgehead atoms. The second-order valence-electron chi connectivity index (χ2n) is 12.2. The fraction of sp³-hybridized carbons (Fsp3) is 0.679. The molecule has 1 aliphatic heterocycles. The molecule has 240 valence electrons. The summed E-state index contributed by atoms with van der Waals surface area (Å²) >= 11 is 0. The van der Waals surface area contributed by atoms with Crippen molar-refractivity contribution in [3.8, 4) is 0 Å². The lowest BCUT2D eigenvalue weighted by molar-refractivity contribution is -0.145. The molecule has 2 rings (SSSR count). The zero-order chi connectivity index (χ0) is 32.7. The summed E-state index contributed by atoms with van der Waals surface area (Å²) < 4.78 is 11.7. The van der Waals surface area contributed by atoms with Gasteiger partial charge in [-0.1, -0.05) is 0 Å². The Bertz CT molecular complexity index is 1210. The summed E-state index contributed by atoms with van der Waals surface area (Å²) in [6.45, 7) is 11.2. The van der Waals surface area contributed by atoms with E-state index in [9.17, 15) is 28.8 Å². The van der Waals surface area contributed by atoms with Gasteiger partial charge in [0.25, 0.3) is 0 Å². The normalized spacial score (nSPS) is 17.2. The van der Waals surface area contributed by atoms with E-state index < -0.39 is 71.0 Å². The van der Waals surface area contributed by atoms with Crippen molar-refractivity contribution >= 4 is 35.7 Å². The third-order valence-corrected chi connectivity index (χ3v) is 6.82. The molecular weight excluding hydrogens is 562 g/mol. The maximum absolute atomic E-state index is 13.8. The number of hydrogen-bond donors (Lipinski definition) is 4. The van der Waals surface area contributed by atoms with Crippen LogP contribution >= 0.6 is 0 Å². The number of imidazole rings is 1. The summed E-state index contributed by atoms with van der Waals surface area (Å²) in [6, 6.07) is -3.87. The number of amides is 5. The third-order valence-electron chi connectivity index (χ3n) is 6.82. The fourth-order valence-electron chi connectivity index (χ4n) is 4.41. The number of carbonyl (C=O) groups excluding carboxylic acids is 6. The van der Waals surface area contributed by atoms with Crippen LogP contribution in [0.3, 0.4) is 0 Å². The van der Waals surface area contributed by atoms with Gasteiger partial charge in [-0.05, 0) is 61.3 Å². The van der Waals surface area contributed by atoms with Crippen LogP contribution in [0.25, 0.3) is 0 Å². The van der Waals surface area contributed by atoms with E-state index in [1.165, 1.54) is 39.7 Å². The Balaban J connectivity index is 2.13. The number of nitrogens with one attached hydrogen (secondary N) is 4. The maximum Gasteiger partial charge on any atom is 0.408 e. The smallest absolute Gasteiger partial charge is 0.408 e. The average molecular weight is 608 g/mol. The molecule has 15 heteroatoms. The molecule has 1 fully saturated rings. The predicted octanol–water partition coefficient (Wildman–Crippen LogP) is -0.0759. The zero-order valence-corrected chi connectivity index (χ0v) is 26.4. The molecule has 1 aromatic heterocycles. The summed E-state index contributed by atoms with van der Waals surface area (Å²) in [5.41, 5.74) is -1.56. The summed E-state index contributed by atoms with van der Waals surface area (Å²) in [5, 5.41) is 10.3. The fourth-order valence-corrected chi connectivity index (χ4v) is 4.41. The second-order valence-corrected chi connectivity index (χ2v) is 12.2. The maximum atomic E-state index is 13.8. The van der Waals surface area contributed by atoms with Gasteiger partial charge < -0.3 is 40.2 Å². The van der Waals surface area contributed by atoms with Gasteiger partial charge in [0.15, 0.2) is 0 Å². The molecule has 15 nitrogen and oxygen atoms in total. The van der Waals surface area contributed by atoms with E-state index in [4.69, 9.17) is 4.74 Å². The molecule has 0 saturated carbocycles. The van der Waals surface area contributed by atoms with Crippen LogP contribution in [0.4, 0.5) is 4.79 Å². The number of ether oxygens (including phenoxy) is 2. The minimum absolute atomic E-state index is 0.113. The first kappa shape index (κ1) is 35.0. The first-order valence-electron chi connectivity index (χ1n) is 14.1. The molecule has 2 heterocycles. The highest BCUT2D eigenvalue weighted by atomic mass is 16.6. The number of aryl methyl sites for hydroxylation is 1. The number of methoxy groups -OCH3 is 1. The summed E-state index contributed by atoms with van der Waals surface area (Å²) in [6.07, 6.45) is 3.39. The van der Waals surface area contributed by atoms with Crippen LogP contribution in [-0.2, 0) is 46.9 Å². The molecule has 0 spiro atoms. The largest absolute Gasteiger partial charge is 0.467 e. The number of alkyl carbamates (subject to hydrolysis) is 1. The van der Waals surface area contributed by atoms with Gasteiger partial charge in [-0.2, -0.15) is 0 Å². The Kier molecular flexibility index (Phi) is 11.7. The first-order chi connectivity index (χ1) is 19.9. The highest BCUT2D eigenvalue weighted by Crippen LogP contribution is 2.21. The van der Waals surface area contributed by atoms with Crippen molar-refractivity contribution in [2.24, 2.45) is 7.05 Å². The van der Waals surface area contributed by atoms with Crippen LogP contribution < -0.4 is 21.3 Å². The molecular formula is C28H45N7O8. The van der Waals surface area contributed by atoms with Crippen LogP contribution in [0, 0.1) is 0 Å². The second kappa shape index (κ2) is 14.3. The number of esters is 1. The van der Waals surface area contributed by atoms with Gasteiger partial charge in [0, 0.05) is 31.9 Å². The van der Waals surface area contributed by atoms with Crippen molar-refractivity contribution in [1.82, 2.24) is 35.7 Å². The monoisotopic (exact) mass is 607 g/mol. The van der Waals surface area contributed by atoms with Gasteiger partial charge in [0.05, 0.1) is 13.4 Å². The lowest BCUT2D eigenvalue weighted by Crippen LogP contribution is -2.62. The minimum atomic E-state index is -1.46. The Morgan fingerprint density at radius 1 is 1.02 bits per heavy atom. The number of carbonyl (C=O) groups is 6. The van der Waals surface area contributed by atoms with Gasteiger partial charge in [0.1, 0.15) is 35.3 Å². The van der Waals surface area contributed by atoms with Gasteiger partial charge in [0.2, 0.25) is 23.6 Å². The Labute approximate surface area is 251 Å². The molecule has 0 aromatic carbocycles. The van der Waals surface area contributed by atoms with Gasteiger partial charge in [-0.25, -0.2) is 14.6 Å². The van der Waals surface area contributed by atoms with Gasteiger partial charge >= 0.3 is 12.1 Å². The van der Waals surface area contributed by atoms with Crippen molar-refractivity contribution in [3.63, 3.8) is 0 Å². The van der Waals surface area contributed by atoms with E-state index in [0.29, 0.717) is 18.5 Å². The lowest BCUT2D eigenvalue weighted by atomic mass is 10.0. The summed E-state index contributed by atoms with van der Waals surface area (Å²) in [7, 11) is 2.96. The predicted molar refractivity (Wildman–Crippen MR) is 154 cm³/mol. The number of aromatic nitrogens is 2. The van der Waals surface area contributed by atoms with Crippen LogP contribution in [-0.4, -0.2) is 99.1 Å². The van der Waals surface area contributed by atoms with E-state index in [1.54, 1.807) is 44.9 Å². The Hall–Kier alpha value is -4.17. The molecule has 0 radical (unpaired) electrons. The van der Waals surface area contributed by atoms with E-state index in [-0.39, 0.29) is 13.0 Å². The minimum Gasteiger partial charge on any atom is -0.467 e. The van der Waals surface area contributed by atoms with Crippen molar-refractivity contribution in [1.29, 1.82) is 0 Å². The van der Waals surface area contributed by atoms with Crippen LogP contribution in [0.15, 0.2) is 12.5 Å². The van der Waals surface area contributed by atoms with Crippen LogP contribution in [0.2, 0.25) is 0 Å². The topological polar surface area (TPSA) is 190 Å². The van der Waals surface area contributed by atoms with Gasteiger partial charge in [-0.15, -0.1) is 0 Å². The molecule has 1 saturated heterocycles. The molecule has 0 unspecified atom stereocenters. The molecule has 43 heavy (non-hydrogen) atoms. The number of rotatable bonds is 11. The highest BCUT2D eigenvalue weighted by molar-refractivity contribution is 5.97. The van der Waals surface area contributed by atoms with E-state index in [2.05, 4.69) is 31.0 Å². The number of hydrogen-bond acceptors (Lipinski definition) is 9. The third kappa shape index (κ3) is 9.96. The molecule has 1 aromatic rings. The lowest BCUT2D eigenvalue weighted by Gasteiger charge is -2.32. The van der Waals surface area contributed by atoms with Crippen molar-refractivity contribution in [2.45, 2.75) is 103 Å². The van der Waals surface area contributed by atoms with Gasteiger partial charge in [-0.3, -0.25) is 19.2 Å². The number of likely N-dealkylation sites (tertiary alicyclic amines) is 1. The molecule has 4 atom stereocenters. The molecule has 0 aliphatic carbocycles. The van der Waals surface area contributed by atoms with Crippen molar-refractivity contribution in [2.75, 3.05) is 13.7 Å². The highest BCUT2D eigenvalue weighted by Gasteiger charge is 2.41. The van der Waals surface area contributed by atoms with E-state index >= 15 is 0 Å². The van der Waals surface area contributed by atoms with E-state index in [1.807, 2.05) is 0 Å². The SMILES string of the molecule is COC(=O)[C@@H](C)NC(=O)[C@H](C)NC(=O)C(C)(C)NC(=O)[C@H]1CCCN1C(=O)[C@H](Cc1cncn1C)NC(=O)OC(C)(C)C. The zero-order valence-electron chi connectivity index (χ0n) is 26.4. The quantitative estimate of drug-likeness (QED) is 0.249. The van der Waals surface area contributed by atoms with Crippen LogP contribution in [0.1, 0.15) is 67.0 Å². The van der Waals surface area contributed by atoms with E-state index in [0.717, 1.165) is 0 Å². The van der Waals surface area contributed by atoms with Crippen molar-refractivity contribution in [3.05, 3.63) is 18.2 Å². The van der Waals surface area contributed by atoms with Crippen molar-refractivity contribution < 1.29 is 38.2 Å². The van der Waals surface area contributed by atoms with Crippen LogP contribution in [0.5, 0.6) is 0 Å². The summed E-state index contributed by atoms with van der Waals surface area (Å²) in [4.78, 5) is 82.3. The molecule has 5 amide bonds. The first-order valence-corrected chi connectivity index (χ1v) is 14.1. The molecule has 1 aliphatic rings. The standard InChI is InChI=1S/C28H45N7O8/c1-16(21(36)30-17(2)24(39)42-9)31-25(40)28(6,7)33-22(37)20-11-10-12-35(20)23(38)19(13-18-14-29-15-34(18)8)32-26(41)43-27(3,4)5/h14-17,19-20H,10-13H2,1-9H3,(H,30,36)(H,31,40)(H,32,41)(H,33,37)/t16-,17+,19-,20+/m0/s1. The average Bonchev–Trinajstić information content (AvgIpc) is 3.55. The summed E-state index contributed by atoms with van der Waals surface area (Å²) in [5.74, 6) is -2.93.